The fraction of sp³-hybridized carbons (Fsp3) is 0.0769. The van der Waals surface area contributed by atoms with Crippen LogP contribution in [-0.4, -0.2) is 13.5 Å². The van der Waals surface area contributed by atoms with Gasteiger partial charge in [-0.25, -0.2) is 8.42 Å². The molecule has 7 heteroatoms. The third kappa shape index (κ3) is 3.26. The molecule has 0 saturated carbocycles. The standard InChI is InChI=1S/C13H11BrClNO3S/c1-8-6-9(17)2-5-13(8)16-20(18,19)10-3-4-12(15)11(14)7-10/h2-7,16-17H,1H3. The van der Waals surface area contributed by atoms with Crippen molar-refractivity contribution in [2.45, 2.75) is 11.8 Å². The zero-order valence-electron chi connectivity index (χ0n) is 10.4. The number of hydrogen-bond donors (Lipinski definition) is 2. The number of sulfonamides is 1. The van der Waals surface area contributed by atoms with Crippen molar-refractivity contribution in [2.24, 2.45) is 0 Å². The molecule has 2 aromatic carbocycles. The van der Waals surface area contributed by atoms with E-state index >= 15 is 0 Å². The summed E-state index contributed by atoms with van der Waals surface area (Å²) in [5.41, 5.74) is 1.04. The number of anilines is 1. The van der Waals surface area contributed by atoms with E-state index in [4.69, 9.17) is 11.6 Å². The zero-order chi connectivity index (χ0) is 14.9. The molecule has 20 heavy (non-hydrogen) atoms. The van der Waals surface area contributed by atoms with Crippen LogP contribution in [0.4, 0.5) is 5.69 Å². The van der Waals surface area contributed by atoms with Crippen molar-refractivity contribution < 1.29 is 13.5 Å². The first-order chi connectivity index (χ1) is 9.29. The van der Waals surface area contributed by atoms with E-state index in [1.54, 1.807) is 6.92 Å². The number of aromatic hydroxyl groups is 1. The quantitative estimate of drug-likeness (QED) is 0.798. The summed E-state index contributed by atoms with van der Waals surface area (Å²) in [6.07, 6.45) is 0. The van der Waals surface area contributed by atoms with Crippen LogP contribution in [-0.2, 0) is 10.0 Å². The van der Waals surface area contributed by atoms with Crippen LogP contribution in [0.5, 0.6) is 5.75 Å². The van der Waals surface area contributed by atoms with E-state index in [1.807, 2.05) is 0 Å². The van der Waals surface area contributed by atoms with Crippen LogP contribution < -0.4 is 4.72 Å². The van der Waals surface area contributed by atoms with E-state index in [0.29, 0.717) is 20.7 Å². The molecule has 0 atom stereocenters. The van der Waals surface area contributed by atoms with Crippen LogP contribution >= 0.6 is 27.5 Å². The molecule has 4 nitrogen and oxygen atoms in total. The number of aryl methyl sites for hydroxylation is 1. The van der Waals surface area contributed by atoms with Crippen molar-refractivity contribution in [3.63, 3.8) is 0 Å². The Hall–Kier alpha value is -1.24. The highest BCUT2D eigenvalue weighted by atomic mass is 79.9. The summed E-state index contributed by atoms with van der Waals surface area (Å²) in [4.78, 5) is 0.0984. The molecule has 0 aromatic heterocycles. The molecule has 106 valence electrons. The zero-order valence-corrected chi connectivity index (χ0v) is 13.6. The summed E-state index contributed by atoms with van der Waals surface area (Å²) in [5, 5.41) is 9.76. The van der Waals surface area contributed by atoms with E-state index in [-0.39, 0.29) is 10.6 Å². The van der Waals surface area contributed by atoms with Gasteiger partial charge in [0.1, 0.15) is 5.75 Å². The molecule has 0 bridgehead atoms. The summed E-state index contributed by atoms with van der Waals surface area (Å²) in [6, 6.07) is 8.76. The van der Waals surface area contributed by atoms with Crippen LogP contribution in [0.3, 0.4) is 0 Å². The topological polar surface area (TPSA) is 66.4 Å². The highest BCUT2D eigenvalue weighted by Crippen LogP contribution is 2.27. The summed E-state index contributed by atoms with van der Waals surface area (Å²) < 4.78 is 27.5. The number of nitrogens with one attached hydrogen (secondary N) is 1. The van der Waals surface area contributed by atoms with Gasteiger partial charge >= 0.3 is 0 Å². The van der Waals surface area contributed by atoms with Gasteiger partial charge in [-0.3, -0.25) is 4.72 Å². The van der Waals surface area contributed by atoms with E-state index < -0.39 is 10.0 Å². The highest BCUT2D eigenvalue weighted by molar-refractivity contribution is 9.10. The van der Waals surface area contributed by atoms with Crippen molar-refractivity contribution in [1.29, 1.82) is 0 Å². The van der Waals surface area contributed by atoms with Gasteiger partial charge in [0.15, 0.2) is 0 Å². The van der Waals surface area contributed by atoms with Gasteiger partial charge in [0.05, 0.1) is 15.6 Å². The van der Waals surface area contributed by atoms with Crippen LogP contribution in [0.2, 0.25) is 5.02 Å². The third-order valence-electron chi connectivity index (χ3n) is 2.66. The van der Waals surface area contributed by atoms with Gasteiger partial charge in [0.2, 0.25) is 0 Å². The summed E-state index contributed by atoms with van der Waals surface area (Å²) in [7, 11) is -3.71. The largest absolute Gasteiger partial charge is 0.508 e. The number of phenolic OH excluding ortho intramolecular Hbond substituents is 1. The smallest absolute Gasteiger partial charge is 0.261 e. The van der Waals surface area contributed by atoms with Gasteiger partial charge in [-0.15, -0.1) is 0 Å². The molecule has 0 aliphatic carbocycles. The number of phenols is 1. The number of benzene rings is 2. The van der Waals surface area contributed by atoms with E-state index in [0.717, 1.165) is 0 Å². The van der Waals surface area contributed by atoms with Gasteiger partial charge in [-0.05, 0) is 64.8 Å². The second-order valence-electron chi connectivity index (χ2n) is 4.18. The van der Waals surface area contributed by atoms with Crippen molar-refractivity contribution in [3.8, 4) is 5.75 Å². The molecule has 0 heterocycles. The van der Waals surface area contributed by atoms with Crippen molar-refractivity contribution >= 4 is 43.2 Å². The minimum atomic E-state index is -3.71. The van der Waals surface area contributed by atoms with Crippen molar-refractivity contribution in [3.05, 3.63) is 51.5 Å². The van der Waals surface area contributed by atoms with Gasteiger partial charge < -0.3 is 5.11 Å². The maximum absolute atomic E-state index is 12.3. The lowest BCUT2D eigenvalue weighted by Gasteiger charge is -2.11. The molecule has 2 rings (SSSR count). The predicted molar refractivity (Wildman–Crippen MR) is 82.8 cm³/mol. The molecule has 0 amide bonds. The molecule has 0 radical (unpaired) electrons. The third-order valence-corrected chi connectivity index (χ3v) is 5.23. The predicted octanol–water partition coefficient (Wildman–Crippen LogP) is 3.92. The Kier molecular flexibility index (Phi) is 4.27. The molecule has 2 N–H and O–H groups in total. The molecule has 0 unspecified atom stereocenters. The minimum Gasteiger partial charge on any atom is -0.508 e. The molecule has 0 fully saturated rings. The number of rotatable bonds is 3. The Morgan fingerprint density at radius 2 is 1.90 bits per heavy atom. The SMILES string of the molecule is Cc1cc(O)ccc1NS(=O)(=O)c1ccc(Cl)c(Br)c1. The maximum Gasteiger partial charge on any atom is 0.261 e. The molecule has 0 aliphatic rings. The summed E-state index contributed by atoms with van der Waals surface area (Å²) >= 11 is 9.03. The molecule has 0 saturated heterocycles. The lowest BCUT2D eigenvalue weighted by Crippen LogP contribution is -2.13. The Bertz CT molecular complexity index is 762. The first-order valence-electron chi connectivity index (χ1n) is 5.57. The van der Waals surface area contributed by atoms with Crippen LogP contribution in [0, 0.1) is 6.92 Å². The van der Waals surface area contributed by atoms with E-state index in [1.165, 1.54) is 36.4 Å². The van der Waals surface area contributed by atoms with E-state index in [9.17, 15) is 13.5 Å². The van der Waals surface area contributed by atoms with Gasteiger partial charge in [0.25, 0.3) is 10.0 Å². The average Bonchev–Trinajstić information content (AvgIpc) is 2.36. The minimum absolute atomic E-state index is 0.0830. The average molecular weight is 377 g/mol. The normalized spacial score (nSPS) is 11.3. The van der Waals surface area contributed by atoms with Gasteiger partial charge in [0, 0.05) is 4.47 Å². The maximum atomic E-state index is 12.3. The highest BCUT2D eigenvalue weighted by Gasteiger charge is 2.16. The lowest BCUT2D eigenvalue weighted by molar-refractivity contribution is 0.475. The monoisotopic (exact) mass is 375 g/mol. The lowest BCUT2D eigenvalue weighted by atomic mass is 10.2. The Morgan fingerprint density at radius 3 is 2.50 bits per heavy atom. The molecule has 0 spiro atoms. The fourth-order valence-corrected chi connectivity index (χ4v) is 3.41. The Balaban J connectivity index is 2.38. The van der Waals surface area contributed by atoms with Gasteiger partial charge in [-0.1, -0.05) is 11.6 Å². The number of halogens is 2. The second-order valence-corrected chi connectivity index (χ2v) is 7.12. The van der Waals surface area contributed by atoms with Crippen LogP contribution in [0.25, 0.3) is 0 Å². The Labute approximate surface area is 130 Å². The van der Waals surface area contributed by atoms with Crippen LogP contribution in [0.15, 0.2) is 45.8 Å². The fourth-order valence-electron chi connectivity index (χ4n) is 1.61. The van der Waals surface area contributed by atoms with E-state index in [2.05, 4.69) is 20.7 Å². The second kappa shape index (κ2) is 5.63. The molecule has 0 aliphatic heterocycles. The first-order valence-corrected chi connectivity index (χ1v) is 8.22. The first kappa shape index (κ1) is 15.2. The molecular formula is C13H11BrClNO3S. The van der Waals surface area contributed by atoms with Crippen molar-refractivity contribution in [2.75, 3.05) is 4.72 Å². The molecular weight excluding hydrogens is 366 g/mol. The van der Waals surface area contributed by atoms with Gasteiger partial charge in [-0.2, -0.15) is 0 Å². The summed E-state index contributed by atoms with van der Waals surface area (Å²) in [6.45, 7) is 1.70. The summed E-state index contributed by atoms with van der Waals surface area (Å²) in [5.74, 6) is 0.0830. The van der Waals surface area contributed by atoms with Crippen LogP contribution in [0.1, 0.15) is 5.56 Å². The molecule has 2 aromatic rings. The Morgan fingerprint density at radius 1 is 1.20 bits per heavy atom. The number of hydrogen-bond acceptors (Lipinski definition) is 3. The van der Waals surface area contributed by atoms with Crippen molar-refractivity contribution in [1.82, 2.24) is 0 Å².